The molecule has 5 nitrogen and oxygen atoms in total. The molecule has 0 aromatic rings. The molecular formula is C11H22N2O3. The summed E-state index contributed by atoms with van der Waals surface area (Å²) in [6.45, 7) is 9.26. The average molecular weight is 230 g/mol. The van der Waals surface area contributed by atoms with Crippen LogP contribution in [0.25, 0.3) is 0 Å². The van der Waals surface area contributed by atoms with Crippen LogP contribution >= 0.6 is 0 Å². The summed E-state index contributed by atoms with van der Waals surface area (Å²) in [4.78, 5) is 22.9. The van der Waals surface area contributed by atoms with Crippen molar-refractivity contribution in [2.24, 2.45) is 0 Å². The second-order valence-electron chi connectivity index (χ2n) is 4.03. The highest BCUT2D eigenvalue weighted by Crippen LogP contribution is 1.92. The van der Waals surface area contributed by atoms with Crippen LogP contribution in [0, 0.1) is 0 Å². The lowest BCUT2D eigenvalue weighted by Crippen LogP contribution is -2.50. The van der Waals surface area contributed by atoms with Crippen LogP contribution in [-0.4, -0.2) is 36.6 Å². The third-order valence-corrected chi connectivity index (χ3v) is 1.96. The van der Waals surface area contributed by atoms with Crippen LogP contribution in [-0.2, 0) is 14.3 Å². The summed E-state index contributed by atoms with van der Waals surface area (Å²) in [7, 11) is 0. The molecule has 0 aliphatic rings. The Kier molecular flexibility index (Phi) is 6.72. The van der Waals surface area contributed by atoms with Gasteiger partial charge in [-0.1, -0.05) is 0 Å². The first kappa shape index (κ1) is 14.9. The summed E-state index contributed by atoms with van der Waals surface area (Å²) in [5.41, 5.74) is 0. The second-order valence-corrected chi connectivity index (χ2v) is 4.03. The zero-order valence-electron chi connectivity index (χ0n) is 10.7. The minimum Gasteiger partial charge on any atom is -0.465 e. The van der Waals surface area contributed by atoms with Gasteiger partial charge in [-0.3, -0.25) is 14.9 Å². The number of nitrogens with one attached hydrogen (secondary N) is 2. The van der Waals surface area contributed by atoms with Crippen molar-refractivity contribution in [2.45, 2.75) is 52.7 Å². The van der Waals surface area contributed by atoms with Crippen molar-refractivity contribution in [1.82, 2.24) is 10.6 Å². The first-order valence-electron chi connectivity index (χ1n) is 5.61. The number of rotatable bonds is 6. The number of carbonyl (C=O) groups excluding carboxylic acids is 2. The molecule has 0 rings (SSSR count). The molecule has 5 heteroatoms. The third-order valence-electron chi connectivity index (χ3n) is 1.96. The van der Waals surface area contributed by atoms with E-state index in [9.17, 15) is 9.59 Å². The van der Waals surface area contributed by atoms with E-state index in [1.54, 1.807) is 20.8 Å². The van der Waals surface area contributed by atoms with E-state index in [1.807, 2.05) is 13.8 Å². The Balaban J connectivity index is 4.07. The average Bonchev–Trinajstić information content (AvgIpc) is 2.16. The van der Waals surface area contributed by atoms with Gasteiger partial charge in [-0.05, 0) is 34.6 Å². The predicted molar refractivity (Wildman–Crippen MR) is 62.0 cm³/mol. The van der Waals surface area contributed by atoms with Gasteiger partial charge in [0.25, 0.3) is 0 Å². The zero-order chi connectivity index (χ0) is 12.7. The van der Waals surface area contributed by atoms with Crippen LogP contribution in [0.1, 0.15) is 34.6 Å². The Morgan fingerprint density at radius 1 is 1.12 bits per heavy atom. The number of amides is 1. The lowest BCUT2D eigenvalue weighted by molar-refractivity contribution is -0.145. The van der Waals surface area contributed by atoms with Gasteiger partial charge in [-0.2, -0.15) is 0 Å². The summed E-state index contributed by atoms with van der Waals surface area (Å²) in [6.07, 6.45) is 0. The van der Waals surface area contributed by atoms with Crippen molar-refractivity contribution in [1.29, 1.82) is 0 Å². The Bertz CT molecular complexity index is 241. The van der Waals surface area contributed by atoms with Crippen molar-refractivity contribution in [3.05, 3.63) is 0 Å². The predicted octanol–water partition coefficient (Wildman–Crippen LogP) is 0.441. The van der Waals surface area contributed by atoms with Gasteiger partial charge in [0.15, 0.2) is 0 Å². The Morgan fingerprint density at radius 2 is 1.69 bits per heavy atom. The maximum Gasteiger partial charge on any atom is 0.322 e. The van der Waals surface area contributed by atoms with Crippen molar-refractivity contribution >= 4 is 11.9 Å². The fourth-order valence-electron chi connectivity index (χ4n) is 1.20. The Labute approximate surface area is 96.9 Å². The van der Waals surface area contributed by atoms with Gasteiger partial charge in [-0.25, -0.2) is 0 Å². The van der Waals surface area contributed by atoms with E-state index < -0.39 is 12.1 Å². The van der Waals surface area contributed by atoms with Crippen LogP contribution in [0.2, 0.25) is 0 Å². The minimum absolute atomic E-state index is 0.0923. The highest BCUT2D eigenvalue weighted by molar-refractivity contribution is 5.83. The molecule has 0 aliphatic carbocycles. The lowest BCUT2D eigenvalue weighted by atomic mass is 10.2. The van der Waals surface area contributed by atoms with Crippen LogP contribution in [0.5, 0.6) is 0 Å². The van der Waals surface area contributed by atoms with Gasteiger partial charge in [0.1, 0.15) is 6.04 Å². The Hall–Kier alpha value is -1.10. The number of hydrogen-bond acceptors (Lipinski definition) is 4. The number of hydrogen-bond donors (Lipinski definition) is 2. The van der Waals surface area contributed by atoms with E-state index in [-0.39, 0.29) is 17.9 Å². The van der Waals surface area contributed by atoms with Crippen LogP contribution < -0.4 is 10.6 Å². The molecule has 2 N–H and O–H groups in total. The van der Waals surface area contributed by atoms with E-state index >= 15 is 0 Å². The van der Waals surface area contributed by atoms with E-state index in [2.05, 4.69) is 10.6 Å². The van der Waals surface area contributed by atoms with Gasteiger partial charge in [0.05, 0.1) is 12.6 Å². The molecule has 0 aromatic heterocycles. The molecule has 0 radical (unpaired) electrons. The van der Waals surface area contributed by atoms with Gasteiger partial charge >= 0.3 is 5.97 Å². The SMILES string of the molecule is CCOC(=O)C(C)NC(C)C(=O)NC(C)C. The molecule has 2 atom stereocenters. The van der Waals surface area contributed by atoms with Crippen LogP contribution in [0.4, 0.5) is 0 Å². The van der Waals surface area contributed by atoms with Gasteiger partial charge in [-0.15, -0.1) is 0 Å². The fourth-order valence-corrected chi connectivity index (χ4v) is 1.20. The third kappa shape index (κ3) is 5.70. The number of carbonyl (C=O) groups is 2. The van der Waals surface area contributed by atoms with E-state index in [0.29, 0.717) is 6.61 Å². The van der Waals surface area contributed by atoms with E-state index in [1.165, 1.54) is 0 Å². The molecule has 0 saturated heterocycles. The first-order chi connectivity index (χ1) is 7.38. The zero-order valence-corrected chi connectivity index (χ0v) is 10.7. The molecule has 0 saturated carbocycles. The summed E-state index contributed by atoms with van der Waals surface area (Å²) in [5.74, 6) is -0.460. The molecule has 2 unspecified atom stereocenters. The highest BCUT2D eigenvalue weighted by atomic mass is 16.5. The largest absolute Gasteiger partial charge is 0.465 e. The molecule has 0 spiro atoms. The van der Waals surface area contributed by atoms with E-state index in [0.717, 1.165) is 0 Å². The summed E-state index contributed by atoms with van der Waals surface area (Å²) < 4.78 is 4.83. The van der Waals surface area contributed by atoms with Crippen molar-refractivity contribution in [3.8, 4) is 0 Å². The summed E-state index contributed by atoms with van der Waals surface area (Å²) >= 11 is 0. The van der Waals surface area contributed by atoms with Crippen LogP contribution in [0.15, 0.2) is 0 Å². The standard InChI is InChI=1S/C11H22N2O3/c1-6-16-11(15)9(5)13-8(4)10(14)12-7(2)3/h7-9,13H,6H2,1-5H3,(H,12,14). The topological polar surface area (TPSA) is 67.4 Å². The second kappa shape index (κ2) is 7.22. The number of ether oxygens (including phenoxy) is 1. The van der Waals surface area contributed by atoms with Gasteiger partial charge in [0.2, 0.25) is 5.91 Å². The molecule has 0 bridgehead atoms. The molecule has 0 fully saturated rings. The van der Waals surface area contributed by atoms with Crippen LogP contribution in [0.3, 0.4) is 0 Å². The normalized spacial score (nSPS) is 14.4. The smallest absolute Gasteiger partial charge is 0.322 e. The van der Waals surface area contributed by atoms with E-state index in [4.69, 9.17) is 4.74 Å². The summed E-state index contributed by atoms with van der Waals surface area (Å²) in [5, 5.41) is 5.65. The van der Waals surface area contributed by atoms with Gasteiger partial charge in [0, 0.05) is 6.04 Å². The molecule has 1 amide bonds. The molecule has 0 aromatic carbocycles. The minimum atomic E-state index is -0.479. The van der Waals surface area contributed by atoms with Crippen molar-refractivity contribution < 1.29 is 14.3 Å². The quantitative estimate of drug-likeness (QED) is 0.650. The molecular weight excluding hydrogens is 208 g/mol. The fraction of sp³-hybridized carbons (Fsp3) is 0.818. The number of esters is 1. The maximum absolute atomic E-state index is 11.5. The first-order valence-corrected chi connectivity index (χ1v) is 5.61. The van der Waals surface area contributed by atoms with Crippen molar-refractivity contribution in [3.63, 3.8) is 0 Å². The summed E-state index contributed by atoms with van der Waals surface area (Å²) in [6, 6.07) is -0.802. The highest BCUT2D eigenvalue weighted by Gasteiger charge is 2.20. The molecule has 0 heterocycles. The Morgan fingerprint density at radius 3 is 2.12 bits per heavy atom. The lowest BCUT2D eigenvalue weighted by Gasteiger charge is -2.19. The molecule has 0 aliphatic heterocycles. The monoisotopic (exact) mass is 230 g/mol. The molecule has 94 valence electrons. The van der Waals surface area contributed by atoms with Crippen molar-refractivity contribution in [2.75, 3.05) is 6.61 Å². The van der Waals surface area contributed by atoms with Gasteiger partial charge < -0.3 is 10.1 Å². The molecule has 16 heavy (non-hydrogen) atoms. The maximum atomic E-state index is 11.5.